The van der Waals surface area contributed by atoms with Crippen molar-refractivity contribution in [1.29, 1.82) is 0 Å². The molecule has 19 heavy (non-hydrogen) atoms. The minimum atomic E-state index is -3.31. The van der Waals surface area contributed by atoms with Gasteiger partial charge in [0, 0.05) is 6.92 Å². The SMILES string of the molecule is CCCCS(=O)(=O)NC(CC(C)C)c1nnc(C)o1. The highest BCUT2D eigenvalue weighted by Gasteiger charge is 2.24. The number of hydrogen-bond acceptors (Lipinski definition) is 5. The molecule has 1 rings (SSSR count). The highest BCUT2D eigenvalue weighted by atomic mass is 32.2. The number of aryl methyl sites for hydroxylation is 1. The van der Waals surface area contributed by atoms with E-state index in [9.17, 15) is 8.42 Å². The van der Waals surface area contributed by atoms with Crippen LogP contribution in [0.5, 0.6) is 0 Å². The zero-order valence-corrected chi connectivity index (χ0v) is 12.8. The van der Waals surface area contributed by atoms with Crippen LogP contribution in [0.15, 0.2) is 4.42 Å². The third-order valence-electron chi connectivity index (χ3n) is 2.64. The van der Waals surface area contributed by atoms with E-state index in [1.54, 1.807) is 6.92 Å². The minimum absolute atomic E-state index is 0.130. The summed E-state index contributed by atoms with van der Waals surface area (Å²) >= 11 is 0. The summed E-state index contributed by atoms with van der Waals surface area (Å²) in [5.41, 5.74) is 0. The maximum Gasteiger partial charge on any atom is 0.234 e. The second-order valence-corrected chi connectivity index (χ2v) is 7.01. The lowest BCUT2D eigenvalue weighted by Gasteiger charge is -2.17. The summed E-state index contributed by atoms with van der Waals surface area (Å²) in [6.45, 7) is 7.70. The van der Waals surface area contributed by atoms with Crippen LogP contribution in [0, 0.1) is 12.8 Å². The molecule has 1 N–H and O–H groups in total. The van der Waals surface area contributed by atoms with Gasteiger partial charge in [0.2, 0.25) is 21.8 Å². The largest absolute Gasteiger partial charge is 0.424 e. The van der Waals surface area contributed by atoms with E-state index in [0.29, 0.717) is 30.5 Å². The van der Waals surface area contributed by atoms with Crippen molar-refractivity contribution in [1.82, 2.24) is 14.9 Å². The smallest absolute Gasteiger partial charge is 0.234 e. The van der Waals surface area contributed by atoms with Gasteiger partial charge in [0.05, 0.1) is 5.75 Å². The quantitative estimate of drug-likeness (QED) is 0.793. The minimum Gasteiger partial charge on any atom is -0.424 e. The average Bonchev–Trinajstić information content (AvgIpc) is 2.71. The van der Waals surface area contributed by atoms with Crippen molar-refractivity contribution in [2.45, 2.75) is 53.0 Å². The Morgan fingerprint density at radius 3 is 2.47 bits per heavy atom. The van der Waals surface area contributed by atoms with Crippen molar-refractivity contribution in [2.24, 2.45) is 5.92 Å². The van der Waals surface area contributed by atoms with Crippen LogP contribution in [0.1, 0.15) is 57.9 Å². The first-order valence-corrected chi connectivity index (χ1v) is 8.29. The van der Waals surface area contributed by atoms with Crippen LogP contribution in [-0.4, -0.2) is 24.4 Å². The molecule has 0 bridgehead atoms. The summed E-state index contributed by atoms with van der Waals surface area (Å²) in [4.78, 5) is 0. The van der Waals surface area contributed by atoms with Gasteiger partial charge in [-0.25, -0.2) is 13.1 Å². The molecule has 0 radical (unpaired) electrons. The highest BCUT2D eigenvalue weighted by molar-refractivity contribution is 7.89. The molecule has 0 spiro atoms. The molecule has 0 saturated heterocycles. The molecule has 0 aliphatic rings. The van der Waals surface area contributed by atoms with Crippen molar-refractivity contribution >= 4 is 10.0 Å². The van der Waals surface area contributed by atoms with Gasteiger partial charge in [0.25, 0.3) is 0 Å². The van der Waals surface area contributed by atoms with Crippen LogP contribution in [-0.2, 0) is 10.0 Å². The summed E-state index contributed by atoms with van der Waals surface area (Å²) in [6.07, 6.45) is 2.12. The number of sulfonamides is 1. The Labute approximate surface area is 115 Å². The fraction of sp³-hybridized carbons (Fsp3) is 0.833. The van der Waals surface area contributed by atoms with E-state index in [4.69, 9.17) is 4.42 Å². The maximum atomic E-state index is 12.0. The Bertz CT molecular complexity index is 482. The van der Waals surface area contributed by atoms with Gasteiger partial charge in [0.1, 0.15) is 6.04 Å². The Morgan fingerprint density at radius 2 is 2.00 bits per heavy atom. The van der Waals surface area contributed by atoms with Crippen molar-refractivity contribution in [3.8, 4) is 0 Å². The molecule has 0 fully saturated rings. The van der Waals surface area contributed by atoms with Crippen LogP contribution in [0.25, 0.3) is 0 Å². The predicted octanol–water partition coefficient (Wildman–Crippen LogP) is 2.18. The zero-order valence-electron chi connectivity index (χ0n) is 12.0. The highest BCUT2D eigenvalue weighted by Crippen LogP contribution is 2.21. The third-order valence-corrected chi connectivity index (χ3v) is 4.11. The first-order valence-electron chi connectivity index (χ1n) is 6.64. The van der Waals surface area contributed by atoms with Gasteiger partial charge in [-0.15, -0.1) is 10.2 Å². The van der Waals surface area contributed by atoms with E-state index >= 15 is 0 Å². The molecule has 110 valence electrons. The Morgan fingerprint density at radius 1 is 1.32 bits per heavy atom. The van der Waals surface area contributed by atoms with E-state index < -0.39 is 16.1 Å². The van der Waals surface area contributed by atoms with Crippen molar-refractivity contribution in [3.05, 3.63) is 11.8 Å². The van der Waals surface area contributed by atoms with Crippen molar-refractivity contribution < 1.29 is 12.8 Å². The molecular formula is C12H23N3O3S. The molecule has 1 aromatic rings. The number of aromatic nitrogens is 2. The van der Waals surface area contributed by atoms with Gasteiger partial charge in [-0.2, -0.15) is 0 Å². The number of hydrogen-bond donors (Lipinski definition) is 1. The monoisotopic (exact) mass is 289 g/mol. The summed E-state index contributed by atoms with van der Waals surface area (Å²) in [6, 6.07) is -0.442. The standard InChI is InChI=1S/C12H23N3O3S/c1-5-6-7-19(16,17)15-11(8-9(2)3)12-14-13-10(4)18-12/h9,11,15H,5-8H2,1-4H3. The van der Waals surface area contributed by atoms with E-state index in [1.165, 1.54) is 0 Å². The molecule has 0 saturated carbocycles. The third kappa shape index (κ3) is 5.69. The van der Waals surface area contributed by atoms with Gasteiger partial charge < -0.3 is 4.42 Å². The van der Waals surface area contributed by atoms with Gasteiger partial charge in [-0.05, 0) is 18.8 Å². The number of nitrogens with one attached hydrogen (secondary N) is 1. The van der Waals surface area contributed by atoms with Crippen LogP contribution < -0.4 is 4.72 Å². The maximum absolute atomic E-state index is 12.0. The van der Waals surface area contributed by atoms with Gasteiger partial charge >= 0.3 is 0 Å². The van der Waals surface area contributed by atoms with Gasteiger partial charge in [-0.1, -0.05) is 27.2 Å². The number of unbranched alkanes of at least 4 members (excludes halogenated alkanes) is 1. The Balaban J connectivity index is 2.81. The predicted molar refractivity (Wildman–Crippen MR) is 73.1 cm³/mol. The fourth-order valence-corrected chi connectivity index (χ4v) is 3.15. The lowest BCUT2D eigenvalue weighted by molar-refractivity contribution is 0.372. The van der Waals surface area contributed by atoms with Gasteiger partial charge in [-0.3, -0.25) is 0 Å². The first kappa shape index (κ1) is 16.1. The lowest BCUT2D eigenvalue weighted by Crippen LogP contribution is -2.31. The van der Waals surface area contributed by atoms with E-state index in [1.807, 2.05) is 20.8 Å². The molecule has 0 aromatic carbocycles. The summed E-state index contributed by atoms with van der Waals surface area (Å²) in [7, 11) is -3.31. The van der Waals surface area contributed by atoms with Gasteiger partial charge in [0.15, 0.2) is 0 Å². The molecule has 6 nitrogen and oxygen atoms in total. The second kappa shape index (κ2) is 7.00. The van der Waals surface area contributed by atoms with Crippen LogP contribution in [0.2, 0.25) is 0 Å². The van der Waals surface area contributed by atoms with Crippen LogP contribution >= 0.6 is 0 Å². The zero-order chi connectivity index (χ0) is 14.5. The molecule has 1 aromatic heterocycles. The molecule has 0 aliphatic carbocycles. The average molecular weight is 289 g/mol. The molecular weight excluding hydrogens is 266 g/mol. The number of nitrogens with zero attached hydrogens (tertiary/aromatic N) is 2. The van der Waals surface area contributed by atoms with E-state index in [0.717, 1.165) is 6.42 Å². The molecule has 1 unspecified atom stereocenters. The Kier molecular flexibility index (Phi) is 5.93. The first-order chi connectivity index (χ1) is 8.84. The molecule has 7 heteroatoms. The summed E-state index contributed by atoms with van der Waals surface area (Å²) in [5, 5.41) is 7.68. The van der Waals surface area contributed by atoms with Crippen LogP contribution in [0.4, 0.5) is 0 Å². The molecule has 1 atom stereocenters. The van der Waals surface area contributed by atoms with Crippen LogP contribution in [0.3, 0.4) is 0 Å². The van der Waals surface area contributed by atoms with Crippen molar-refractivity contribution in [3.63, 3.8) is 0 Å². The molecule has 1 heterocycles. The van der Waals surface area contributed by atoms with Crippen molar-refractivity contribution in [2.75, 3.05) is 5.75 Å². The second-order valence-electron chi connectivity index (χ2n) is 5.13. The fourth-order valence-electron chi connectivity index (χ4n) is 1.73. The van der Waals surface area contributed by atoms with E-state index in [-0.39, 0.29) is 5.75 Å². The molecule has 0 aliphatic heterocycles. The topological polar surface area (TPSA) is 85.1 Å². The summed E-state index contributed by atoms with van der Waals surface area (Å²) in [5.74, 6) is 1.24. The summed E-state index contributed by atoms with van der Waals surface area (Å²) < 4.78 is 31.9. The Hall–Kier alpha value is -0.950. The normalized spacial score (nSPS) is 13.9. The molecule has 0 amide bonds. The van der Waals surface area contributed by atoms with E-state index in [2.05, 4.69) is 14.9 Å². The lowest BCUT2D eigenvalue weighted by atomic mass is 10.0. The number of rotatable bonds is 8.